The van der Waals surface area contributed by atoms with Crippen LogP contribution in [0.3, 0.4) is 0 Å². The van der Waals surface area contributed by atoms with E-state index in [2.05, 4.69) is 5.32 Å². The van der Waals surface area contributed by atoms with Crippen molar-refractivity contribution in [1.29, 1.82) is 0 Å². The Morgan fingerprint density at radius 2 is 1.96 bits per heavy atom. The topological polar surface area (TPSA) is 61.9 Å². The van der Waals surface area contributed by atoms with Gasteiger partial charge in [-0.2, -0.15) is 0 Å². The summed E-state index contributed by atoms with van der Waals surface area (Å²) >= 11 is 0. The highest BCUT2D eigenvalue weighted by atomic mass is 19.1. The Balaban J connectivity index is 1.80. The first-order chi connectivity index (χ1) is 11.6. The van der Waals surface area contributed by atoms with Crippen molar-refractivity contribution in [1.82, 2.24) is 15.1 Å². The van der Waals surface area contributed by atoms with Crippen LogP contribution in [-0.2, 0) is 4.79 Å². The number of rotatable bonds is 5. The number of halogens is 1. The third-order valence-electron chi connectivity index (χ3n) is 3.82. The fourth-order valence-electron chi connectivity index (χ4n) is 2.51. The van der Waals surface area contributed by atoms with Crippen molar-refractivity contribution in [3.63, 3.8) is 0 Å². The molecule has 0 unspecified atom stereocenters. The molecule has 0 bridgehead atoms. The molecule has 1 heterocycles. The molecule has 0 aliphatic carbocycles. The summed E-state index contributed by atoms with van der Waals surface area (Å²) in [5.41, 5.74) is 0. The summed E-state index contributed by atoms with van der Waals surface area (Å²) in [6, 6.07) is 5.63. The summed E-state index contributed by atoms with van der Waals surface area (Å²) in [6.07, 6.45) is 1.62. The Labute approximate surface area is 141 Å². The van der Waals surface area contributed by atoms with E-state index in [1.54, 1.807) is 15.9 Å². The van der Waals surface area contributed by atoms with Crippen molar-refractivity contribution in [2.45, 2.75) is 19.8 Å². The van der Waals surface area contributed by atoms with Gasteiger partial charge in [-0.05, 0) is 25.0 Å². The molecule has 1 aromatic carbocycles. The van der Waals surface area contributed by atoms with Gasteiger partial charge in [0.15, 0.2) is 6.61 Å². The SMILES string of the molecule is CCCNC(=O)N1CCCN(C(=O)COc2cccc(F)c2)CC1. The van der Waals surface area contributed by atoms with Gasteiger partial charge in [-0.25, -0.2) is 9.18 Å². The fourth-order valence-corrected chi connectivity index (χ4v) is 2.51. The summed E-state index contributed by atoms with van der Waals surface area (Å²) in [7, 11) is 0. The summed E-state index contributed by atoms with van der Waals surface area (Å²) in [4.78, 5) is 27.6. The lowest BCUT2D eigenvalue weighted by atomic mass is 10.3. The average molecular weight is 337 g/mol. The van der Waals surface area contributed by atoms with Crippen molar-refractivity contribution >= 4 is 11.9 Å². The van der Waals surface area contributed by atoms with Crippen LogP contribution in [0.1, 0.15) is 19.8 Å². The van der Waals surface area contributed by atoms with Gasteiger partial charge in [0, 0.05) is 38.8 Å². The average Bonchev–Trinajstić information content (AvgIpc) is 2.84. The molecule has 0 spiro atoms. The van der Waals surface area contributed by atoms with Crippen LogP contribution in [0.4, 0.5) is 9.18 Å². The minimum atomic E-state index is -0.400. The molecule has 0 radical (unpaired) electrons. The predicted octanol–water partition coefficient (Wildman–Crippen LogP) is 1.86. The third kappa shape index (κ3) is 5.40. The molecular weight excluding hydrogens is 313 g/mol. The maximum absolute atomic E-state index is 13.1. The van der Waals surface area contributed by atoms with Crippen molar-refractivity contribution in [3.05, 3.63) is 30.1 Å². The minimum Gasteiger partial charge on any atom is -0.484 e. The van der Waals surface area contributed by atoms with Crippen LogP contribution in [-0.4, -0.2) is 61.1 Å². The second kappa shape index (κ2) is 9.10. The van der Waals surface area contributed by atoms with Crippen LogP contribution in [0.5, 0.6) is 5.75 Å². The molecule has 6 nitrogen and oxygen atoms in total. The van der Waals surface area contributed by atoms with Crippen molar-refractivity contribution in [2.24, 2.45) is 0 Å². The molecule has 3 amide bonds. The standard InChI is InChI=1S/C17H24FN3O3/c1-2-7-19-17(23)21-9-4-8-20(10-11-21)16(22)13-24-15-6-3-5-14(18)12-15/h3,5-6,12H,2,4,7-11,13H2,1H3,(H,19,23). The normalized spacial score (nSPS) is 14.9. The number of urea groups is 1. The van der Waals surface area contributed by atoms with Crippen LogP contribution >= 0.6 is 0 Å². The van der Waals surface area contributed by atoms with Gasteiger partial charge in [-0.3, -0.25) is 4.79 Å². The molecular formula is C17H24FN3O3. The van der Waals surface area contributed by atoms with E-state index in [1.165, 1.54) is 18.2 Å². The van der Waals surface area contributed by atoms with Crippen LogP contribution in [0.25, 0.3) is 0 Å². The van der Waals surface area contributed by atoms with E-state index in [0.29, 0.717) is 38.5 Å². The summed E-state index contributed by atoms with van der Waals surface area (Å²) in [5, 5.41) is 2.85. The largest absolute Gasteiger partial charge is 0.484 e. The lowest BCUT2D eigenvalue weighted by Gasteiger charge is -2.22. The molecule has 7 heteroatoms. The number of carbonyl (C=O) groups excluding carboxylic acids is 2. The van der Waals surface area contributed by atoms with Crippen molar-refractivity contribution < 1.29 is 18.7 Å². The van der Waals surface area contributed by atoms with Gasteiger partial charge in [-0.1, -0.05) is 13.0 Å². The van der Waals surface area contributed by atoms with E-state index in [-0.39, 0.29) is 18.5 Å². The Morgan fingerprint density at radius 1 is 1.21 bits per heavy atom. The molecule has 1 aromatic rings. The molecule has 132 valence electrons. The van der Waals surface area contributed by atoms with Crippen LogP contribution in [0.2, 0.25) is 0 Å². The van der Waals surface area contributed by atoms with Crippen LogP contribution in [0, 0.1) is 5.82 Å². The fraction of sp³-hybridized carbons (Fsp3) is 0.529. The monoisotopic (exact) mass is 337 g/mol. The predicted molar refractivity (Wildman–Crippen MR) is 88.4 cm³/mol. The third-order valence-corrected chi connectivity index (χ3v) is 3.82. The first-order valence-corrected chi connectivity index (χ1v) is 8.29. The van der Waals surface area contributed by atoms with Crippen LogP contribution in [0.15, 0.2) is 24.3 Å². The summed E-state index contributed by atoms with van der Waals surface area (Å²) in [6.45, 7) is 4.71. The quantitative estimate of drug-likeness (QED) is 0.892. The van der Waals surface area contributed by atoms with Gasteiger partial charge in [0.05, 0.1) is 0 Å². The maximum atomic E-state index is 13.1. The molecule has 1 aliphatic rings. The molecule has 0 saturated carbocycles. The minimum absolute atomic E-state index is 0.0813. The Bertz CT molecular complexity index is 568. The van der Waals surface area contributed by atoms with Crippen molar-refractivity contribution in [3.8, 4) is 5.75 Å². The maximum Gasteiger partial charge on any atom is 0.317 e. The first kappa shape index (κ1) is 18.0. The number of hydrogen-bond donors (Lipinski definition) is 1. The highest BCUT2D eigenvalue weighted by molar-refractivity contribution is 5.78. The number of hydrogen-bond acceptors (Lipinski definition) is 3. The van der Waals surface area contributed by atoms with E-state index in [0.717, 1.165) is 12.8 Å². The molecule has 0 atom stereocenters. The zero-order chi connectivity index (χ0) is 17.4. The number of benzene rings is 1. The van der Waals surface area contributed by atoms with E-state index in [4.69, 9.17) is 4.74 Å². The molecule has 2 rings (SSSR count). The number of amides is 3. The molecule has 1 N–H and O–H groups in total. The molecule has 1 fully saturated rings. The highest BCUT2D eigenvalue weighted by Gasteiger charge is 2.22. The van der Waals surface area contributed by atoms with Gasteiger partial charge < -0.3 is 19.9 Å². The zero-order valence-corrected chi connectivity index (χ0v) is 14.0. The van der Waals surface area contributed by atoms with E-state index in [9.17, 15) is 14.0 Å². The van der Waals surface area contributed by atoms with Gasteiger partial charge in [0.2, 0.25) is 0 Å². The Morgan fingerprint density at radius 3 is 2.71 bits per heavy atom. The number of carbonyl (C=O) groups is 2. The van der Waals surface area contributed by atoms with Gasteiger partial charge in [0.1, 0.15) is 11.6 Å². The number of nitrogens with one attached hydrogen (secondary N) is 1. The number of ether oxygens (including phenoxy) is 1. The van der Waals surface area contributed by atoms with Gasteiger partial charge in [0.25, 0.3) is 5.91 Å². The molecule has 24 heavy (non-hydrogen) atoms. The Hall–Kier alpha value is -2.31. The smallest absolute Gasteiger partial charge is 0.317 e. The van der Waals surface area contributed by atoms with Gasteiger partial charge >= 0.3 is 6.03 Å². The Kier molecular flexibility index (Phi) is 6.84. The number of nitrogens with zero attached hydrogens (tertiary/aromatic N) is 2. The van der Waals surface area contributed by atoms with Crippen molar-refractivity contribution in [2.75, 3.05) is 39.3 Å². The van der Waals surface area contributed by atoms with E-state index >= 15 is 0 Å². The first-order valence-electron chi connectivity index (χ1n) is 8.29. The second-order valence-electron chi connectivity index (χ2n) is 5.70. The molecule has 0 aromatic heterocycles. The lowest BCUT2D eigenvalue weighted by Crippen LogP contribution is -2.43. The summed E-state index contributed by atoms with van der Waals surface area (Å²) < 4.78 is 18.4. The molecule has 1 aliphatic heterocycles. The zero-order valence-electron chi connectivity index (χ0n) is 14.0. The summed E-state index contributed by atoms with van der Waals surface area (Å²) in [5.74, 6) is -0.225. The van der Waals surface area contributed by atoms with Crippen LogP contribution < -0.4 is 10.1 Å². The lowest BCUT2D eigenvalue weighted by molar-refractivity contribution is -0.133. The van der Waals surface area contributed by atoms with E-state index in [1.807, 2.05) is 6.92 Å². The molecule has 1 saturated heterocycles. The highest BCUT2D eigenvalue weighted by Crippen LogP contribution is 2.12. The second-order valence-corrected chi connectivity index (χ2v) is 5.70. The van der Waals surface area contributed by atoms with E-state index < -0.39 is 5.82 Å². The van der Waals surface area contributed by atoms with Gasteiger partial charge in [-0.15, -0.1) is 0 Å².